The Labute approximate surface area is 120 Å². The summed E-state index contributed by atoms with van der Waals surface area (Å²) in [5.41, 5.74) is 0.154. The Morgan fingerprint density at radius 1 is 1.42 bits per heavy atom. The van der Waals surface area contributed by atoms with Crippen LogP contribution in [0.4, 0.5) is 5.13 Å². The lowest BCUT2D eigenvalue weighted by molar-refractivity contribution is 0.0819. The molecular formula is C14H25N3OS. The van der Waals surface area contributed by atoms with Crippen LogP contribution in [0.15, 0.2) is 6.20 Å². The highest BCUT2D eigenvalue weighted by molar-refractivity contribution is 7.15. The molecule has 1 aliphatic heterocycles. The number of rotatable bonds is 4. The summed E-state index contributed by atoms with van der Waals surface area (Å²) in [6, 6.07) is 0. The second kappa shape index (κ2) is 6.20. The Kier molecular flexibility index (Phi) is 4.81. The SMILES string of the molecule is COC1CCN(c2ncc(CNC(C)(C)C)s2)CC1. The van der Waals surface area contributed by atoms with E-state index in [1.807, 2.05) is 6.20 Å². The van der Waals surface area contributed by atoms with Gasteiger partial charge in [-0.3, -0.25) is 0 Å². The first-order chi connectivity index (χ1) is 8.98. The molecule has 0 atom stereocenters. The van der Waals surface area contributed by atoms with E-state index in [1.165, 1.54) is 4.88 Å². The number of piperidine rings is 1. The van der Waals surface area contributed by atoms with E-state index >= 15 is 0 Å². The number of hydrogen-bond donors (Lipinski definition) is 1. The molecule has 0 unspecified atom stereocenters. The molecule has 1 N–H and O–H groups in total. The molecule has 2 rings (SSSR count). The highest BCUT2D eigenvalue weighted by Crippen LogP contribution is 2.26. The number of ether oxygens (including phenoxy) is 1. The third-order valence-corrected chi connectivity index (χ3v) is 4.44. The zero-order valence-electron chi connectivity index (χ0n) is 12.4. The van der Waals surface area contributed by atoms with Crippen LogP contribution in [0.25, 0.3) is 0 Å². The monoisotopic (exact) mass is 283 g/mol. The lowest BCUT2D eigenvalue weighted by Gasteiger charge is -2.30. The number of thiazole rings is 1. The van der Waals surface area contributed by atoms with Gasteiger partial charge in [0, 0.05) is 43.4 Å². The van der Waals surface area contributed by atoms with Crippen LogP contribution >= 0.6 is 11.3 Å². The highest BCUT2D eigenvalue weighted by Gasteiger charge is 2.21. The summed E-state index contributed by atoms with van der Waals surface area (Å²) < 4.78 is 5.40. The first-order valence-corrected chi connectivity index (χ1v) is 7.77. The maximum Gasteiger partial charge on any atom is 0.185 e. The molecule has 0 amide bonds. The summed E-state index contributed by atoms with van der Waals surface area (Å²) >= 11 is 1.80. The fourth-order valence-corrected chi connectivity index (χ4v) is 3.06. The zero-order valence-corrected chi connectivity index (χ0v) is 13.2. The van der Waals surface area contributed by atoms with Crippen LogP contribution in [0, 0.1) is 0 Å². The third-order valence-electron chi connectivity index (χ3n) is 3.38. The molecule has 0 bridgehead atoms. The number of hydrogen-bond acceptors (Lipinski definition) is 5. The average molecular weight is 283 g/mol. The lowest BCUT2D eigenvalue weighted by Crippen LogP contribution is -2.36. The van der Waals surface area contributed by atoms with E-state index < -0.39 is 0 Å². The van der Waals surface area contributed by atoms with Crippen molar-refractivity contribution in [3.8, 4) is 0 Å². The number of aromatic nitrogens is 1. The van der Waals surface area contributed by atoms with Crippen molar-refractivity contribution in [1.82, 2.24) is 10.3 Å². The largest absolute Gasteiger partial charge is 0.381 e. The topological polar surface area (TPSA) is 37.4 Å². The quantitative estimate of drug-likeness (QED) is 0.922. The molecule has 4 nitrogen and oxygen atoms in total. The van der Waals surface area contributed by atoms with E-state index in [0.717, 1.165) is 37.6 Å². The summed E-state index contributed by atoms with van der Waals surface area (Å²) in [5, 5.41) is 4.66. The molecule has 19 heavy (non-hydrogen) atoms. The van der Waals surface area contributed by atoms with E-state index in [0.29, 0.717) is 6.10 Å². The van der Waals surface area contributed by atoms with Crippen LogP contribution in [0.1, 0.15) is 38.5 Å². The van der Waals surface area contributed by atoms with Crippen molar-refractivity contribution in [2.75, 3.05) is 25.1 Å². The van der Waals surface area contributed by atoms with Gasteiger partial charge in [0.15, 0.2) is 5.13 Å². The van der Waals surface area contributed by atoms with Gasteiger partial charge >= 0.3 is 0 Å². The fourth-order valence-electron chi connectivity index (χ4n) is 2.16. The Morgan fingerprint density at radius 3 is 2.68 bits per heavy atom. The number of nitrogens with one attached hydrogen (secondary N) is 1. The van der Waals surface area contributed by atoms with Gasteiger partial charge in [-0.05, 0) is 33.6 Å². The molecule has 5 heteroatoms. The predicted molar refractivity (Wildman–Crippen MR) is 81.0 cm³/mol. The van der Waals surface area contributed by atoms with Gasteiger partial charge in [-0.1, -0.05) is 0 Å². The van der Waals surface area contributed by atoms with E-state index in [4.69, 9.17) is 4.74 Å². The highest BCUT2D eigenvalue weighted by atomic mass is 32.1. The maximum atomic E-state index is 5.40. The second-order valence-corrected chi connectivity index (χ2v) is 7.23. The Balaban J connectivity index is 1.87. The summed E-state index contributed by atoms with van der Waals surface area (Å²) in [6.07, 6.45) is 4.64. The normalized spacial score (nSPS) is 18.0. The van der Waals surface area contributed by atoms with Crippen LogP contribution in [0.3, 0.4) is 0 Å². The van der Waals surface area contributed by atoms with E-state index in [2.05, 4.69) is 36.0 Å². The van der Waals surface area contributed by atoms with E-state index in [1.54, 1.807) is 18.4 Å². The second-order valence-electron chi connectivity index (χ2n) is 6.13. The van der Waals surface area contributed by atoms with Gasteiger partial charge in [0.2, 0.25) is 0 Å². The zero-order chi connectivity index (χ0) is 13.9. The minimum Gasteiger partial charge on any atom is -0.381 e. The predicted octanol–water partition coefficient (Wildman–Crippen LogP) is 2.65. The van der Waals surface area contributed by atoms with Crippen molar-refractivity contribution >= 4 is 16.5 Å². The molecule has 1 aromatic heterocycles. The van der Waals surface area contributed by atoms with Crippen molar-refractivity contribution in [2.45, 2.75) is 51.8 Å². The van der Waals surface area contributed by atoms with Crippen LogP contribution in [-0.2, 0) is 11.3 Å². The van der Waals surface area contributed by atoms with Crippen molar-refractivity contribution in [3.05, 3.63) is 11.1 Å². The van der Waals surface area contributed by atoms with Gasteiger partial charge in [-0.15, -0.1) is 11.3 Å². The Hall–Kier alpha value is -0.650. The molecule has 0 spiro atoms. The molecule has 1 aliphatic rings. The van der Waals surface area contributed by atoms with Gasteiger partial charge in [0.25, 0.3) is 0 Å². The number of anilines is 1. The minimum atomic E-state index is 0.154. The van der Waals surface area contributed by atoms with Crippen molar-refractivity contribution in [1.29, 1.82) is 0 Å². The summed E-state index contributed by atoms with van der Waals surface area (Å²) in [4.78, 5) is 8.24. The minimum absolute atomic E-state index is 0.154. The molecular weight excluding hydrogens is 258 g/mol. The van der Waals surface area contributed by atoms with Crippen LogP contribution in [0.2, 0.25) is 0 Å². The van der Waals surface area contributed by atoms with Crippen LogP contribution in [0.5, 0.6) is 0 Å². The van der Waals surface area contributed by atoms with Gasteiger partial charge in [0.1, 0.15) is 0 Å². The molecule has 1 fully saturated rings. The summed E-state index contributed by atoms with van der Waals surface area (Å²) in [7, 11) is 1.81. The Bertz CT molecular complexity index is 392. The molecule has 108 valence electrons. The molecule has 0 radical (unpaired) electrons. The van der Waals surface area contributed by atoms with Crippen molar-refractivity contribution < 1.29 is 4.74 Å². The molecule has 0 aromatic carbocycles. The fraction of sp³-hybridized carbons (Fsp3) is 0.786. The van der Waals surface area contributed by atoms with Gasteiger partial charge in [0.05, 0.1) is 6.10 Å². The summed E-state index contributed by atoms with van der Waals surface area (Å²) in [6.45, 7) is 9.56. The van der Waals surface area contributed by atoms with E-state index in [9.17, 15) is 0 Å². The van der Waals surface area contributed by atoms with E-state index in [-0.39, 0.29) is 5.54 Å². The lowest BCUT2D eigenvalue weighted by atomic mass is 10.1. The molecule has 0 saturated carbocycles. The number of nitrogens with zero attached hydrogens (tertiary/aromatic N) is 2. The molecule has 0 aliphatic carbocycles. The number of methoxy groups -OCH3 is 1. The summed E-state index contributed by atoms with van der Waals surface area (Å²) in [5.74, 6) is 0. The van der Waals surface area contributed by atoms with Crippen LogP contribution < -0.4 is 10.2 Å². The first kappa shape index (κ1) is 14.8. The molecule has 1 aromatic rings. The first-order valence-electron chi connectivity index (χ1n) is 6.95. The standard InChI is InChI=1S/C14H25N3OS/c1-14(2,3)16-10-12-9-15-13(19-12)17-7-5-11(18-4)6-8-17/h9,11,16H,5-8,10H2,1-4H3. The average Bonchev–Trinajstić information content (AvgIpc) is 2.84. The van der Waals surface area contributed by atoms with Crippen molar-refractivity contribution in [3.63, 3.8) is 0 Å². The third kappa shape index (κ3) is 4.44. The van der Waals surface area contributed by atoms with Gasteiger partial charge < -0.3 is 15.0 Å². The molecule has 2 heterocycles. The Morgan fingerprint density at radius 2 is 2.11 bits per heavy atom. The van der Waals surface area contributed by atoms with Crippen LogP contribution in [-0.4, -0.2) is 36.8 Å². The molecule has 1 saturated heterocycles. The van der Waals surface area contributed by atoms with Gasteiger partial charge in [-0.25, -0.2) is 4.98 Å². The smallest absolute Gasteiger partial charge is 0.185 e. The van der Waals surface area contributed by atoms with Gasteiger partial charge in [-0.2, -0.15) is 0 Å². The maximum absolute atomic E-state index is 5.40. The van der Waals surface area contributed by atoms with Crippen molar-refractivity contribution in [2.24, 2.45) is 0 Å².